The Kier molecular flexibility index (Phi) is 7.17. The highest BCUT2D eigenvalue weighted by Gasteiger charge is 2.36. The van der Waals surface area contributed by atoms with E-state index in [1.54, 1.807) is 48.2 Å². The number of benzene rings is 2. The van der Waals surface area contributed by atoms with Gasteiger partial charge in [0.25, 0.3) is 11.1 Å². The molecule has 1 aliphatic rings. The molecule has 0 aromatic heterocycles. The van der Waals surface area contributed by atoms with Crippen molar-refractivity contribution in [2.45, 2.75) is 4.90 Å². The molecule has 1 saturated heterocycles. The number of carbonyl (C=O) groups is 3. The summed E-state index contributed by atoms with van der Waals surface area (Å²) in [5.41, 5.74) is 1.30. The first-order valence-corrected chi connectivity index (χ1v) is 10.8. The molecule has 9 heteroatoms. The van der Waals surface area contributed by atoms with E-state index in [-0.39, 0.29) is 18.1 Å². The molecule has 1 heterocycles. The maximum absolute atomic E-state index is 12.6. The Balaban J connectivity index is 1.64. The molecule has 0 aliphatic carbocycles. The summed E-state index contributed by atoms with van der Waals surface area (Å²) in [4.78, 5) is 39.3. The summed E-state index contributed by atoms with van der Waals surface area (Å²) >= 11 is 2.34. The second-order valence-electron chi connectivity index (χ2n) is 6.06. The van der Waals surface area contributed by atoms with Crippen LogP contribution in [0.4, 0.5) is 10.5 Å². The fraction of sp³-hybridized carbons (Fsp3) is 0.143. The number of thioether (sulfide) groups is 2. The van der Waals surface area contributed by atoms with Crippen LogP contribution >= 0.6 is 23.5 Å². The molecule has 7 nitrogen and oxygen atoms in total. The highest BCUT2D eigenvalue weighted by molar-refractivity contribution is 8.18. The molecule has 0 atom stereocenters. The number of imide groups is 1. The third-order valence-corrected chi connectivity index (χ3v) is 5.64. The number of nitrogens with zero attached hydrogens (tertiary/aromatic N) is 2. The zero-order valence-electron chi connectivity index (χ0n) is 16.0. The van der Waals surface area contributed by atoms with Crippen molar-refractivity contribution in [2.24, 2.45) is 0 Å². The SMILES string of the molecule is CSc1cccc(NC(=O)CN2C(=O)S/C(=C\c3ccc(OCC#N)cc3)C2=O)c1. The van der Waals surface area contributed by atoms with Crippen LogP contribution in [-0.2, 0) is 9.59 Å². The van der Waals surface area contributed by atoms with E-state index in [2.05, 4.69) is 5.32 Å². The standard InChI is InChI=1S/C21H17N3O4S2/c1-29-17-4-2-3-15(12-17)23-19(25)13-24-20(26)18(30-21(24)27)11-14-5-7-16(8-6-14)28-10-9-22/h2-8,11-12H,10,13H2,1H3,(H,23,25)/b18-11-. The Hall–Kier alpha value is -3.22. The molecule has 3 rings (SSSR count). The molecular weight excluding hydrogens is 422 g/mol. The van der Waals surface area contributed by atoms with Gasteiger partial charge in [-0.2, -0.15) is 5.26 Å². The van der Waals surface area contributed by atoms with Gasteiger partial charge in [-0.25, -0.2) is 0 Å². The van der Waals surface area contributed by atoms with Crippen molar-refractivity contribution in [3.63, 3.8) is 0 Å². The summed E-state index contributed by atoms with van der Waals surface area (Å²) in [6, 6.07) is 16.0. The summed E-state index contributed by atoms with van der Waals surface area (Å²) in [6.45, 7) is -0.408. The molecule has 2 aromatic rings. The minimum absolute atomic E-state index is 0.0537. The fourth-order valence-electron chi connectivity index (χ4n) is 2.61. The van der Waals surface area contributed by atoms with Gasteiger partial charge < -0.3 is 10.1 Å². The third-order valence-electron chi connectivity index (χ3n) is 4.01. The number of nitriles is 1. The van der Waals surface area contributed by atoms with Gasteiger partial charge in [-0.1, -0.05) is 18.2 Å². The molecule has 0 radical (unpaired) electrons. The Morgan fingerprint density at radius 1 is 1.27 bits per heavy atom. The molecule has 1 aliphatic heterocycles. The quantitative estimate of drug-likeness (QED) is 0.514. The van der Waals surface area contributed by atoms with Crippen LogP contribution in [0.2, 0.25) is 0 Å². The van der Waals surface area contributed by atoms with Gasteiger partial charge in [-0.15, -0.1) is 11.8 Å². The third kappa shape index (κ3) is 5.43. The number of carbonyl (C=O) groups excluding carboxylic acids is 3. The normalized spacial score (nSPS) is 14.7. The number of hydrogen-bond donors (Lipinski definition) is 1. The van der Waals surface area contributed by atoms with Crippen LogP contribution in [0.1, 0.15) is 5.56 Å². The zero-order valence-corrected chi connectivity index (χ0v) is 17.6. The van der Waals surface area contributed by atoms with Crippen LogP contribution in [-0.4, -0.2) is 41.4 Å². The number of rotatable bonds is 7. The first kappa shape index (κ1) is 21.5. The molecular formula is C21H17N3O4S2. The number of nitrogens with one attached hydrogen (secondary N) is 1. The fourth-order valence-corrected chi connectivity index (χ4v) is 3.91. The van der Waals surface area contributed by atoms with Gasteiger partial charge in [-0.05, 0) is 60.0 Å². The summed E-state index contributed by atoms with van der Waals surface area (Å²) in [6.07, 6.45) is 3.51. The van der Waals surface area contributed by atoms with E-state index in [0.29, 0.717) is 17.0 Å². The molecule has 0 saturated carbocycles. The Labute approximate surface area is 182 Å². The topological polar surface area (TPSA) is 99.5 Å². The minimum atomic E-state index is -0.511. The predicted octanol–water partition coefficient (Wildman–Crippen LogP) is 3.99. The van der Waals surface area contributed by atoms with Gasteiger partial charge in [0, 0.05) is 10.6 Å². The second-order valence-corrected chi connectivity index (χ2v) is 7.94. The van der Waals surface area contributed by atoms with E-state index in [0.717, 1.165) is 21.6 Å². The Bertz CT molecular complexity index is 1040. The van der Waals surface area contributed by atoms with Gasteiger partial charge in [0.15, 0.2) is 6.61 Å². The van der Waals surface area contributed by atoms with Crippen LogP contribution in [0.25, 0.3) is 6.08 Å². The van der Waals surface area contributed by atoms with E-state index in [1.807, 2.05) is 30.5 Å². The monoisotopic (exact) mass is 439 g/mol. The first-order chi connectivity index (χ1) is 14.5. The summed E-state index contributed by atoms with van der Waals surface area (Å²) in [5.74, 6) is -0.428. The van der Waals surface area contributed by atoms with E-state index >= 15 is 0 Å². The molecule has 1 fully saturated rings. The average Bonchev–Trinajstić information content (AvgIpc) is 3.00. The van der Waals surface area contributed by atoms with Gasteiger partial charge in [0.05, 0.1) is 4.91 Å². The van der Waals surface area contributed by atoms with Crippen LogP contribution in [0.15, 0.2) is 58.3 Å². The number of ether oxygens (including phenoxy) is 1. The van der Waals surface area contributed by atoms with Crippen molar-refractivity contribution in [3.05, 3.63) is 59.0 Å². The predicted molar refractivity (Wildman–Crippen MR) is 117 cm³/mol. The van der Waals surface area contributed by atoms with Crippen LogP contribution < -0.4 is 10.1 Å². The molecule has 0 bridgehead atoms. The molecule has 152 valence electrons. The largest absolute Gasteiger partial charge is 0.479 e. The van der Waals surface area contributed by atoms with Gasteiger partial charge >= 0.3 is 0 Å². The number of hydrogen-bond acceptors (Lipinski definition) is 7. The number of anilines is 1. The maximum Gasteiger partial charge on any atom is 0.294 e. The zero-order chi connectivity index (χ0) is 21.5. The highest BCUT2D eigenvalue weighted by Crippen LogP contribution is 2.32. The van der Waals surface area contributed by atoms with Crippen molar-refractivity contribution in [1.29, 1.82) is 5.26 Å². The lowest BCUT2D eigenvalue weighted by Gasteiger charge is -2.12. The lowest BCUT2D eigenvalue weighted by Crippen LogP contribution is -2.36. The Morgan fingerprint density at radius 2 is 2.03 bits per heavy atom. The average molecular weight is 440 g/mol. The maximum atomic E-state index is 12.6. The van der Waals surface area contributed by atoms with E-state index in [1.165, 1.54) is 0 Å². The van der Waals surface area contributed by atoms with E-state index < -0.39 is 17.1 Å². The Morgan fingerprint density at radius 3 is 2.73 bits per heavy atom. The second kappa shape index (κ2) is 10.0. The van der Waals surface area contributed by atoms with Crippen LogP contribution in [0.3, 0.4) is 0 Å². The van der Waals surface area contributed by atoms with E-state index in [4.69, 9.17) is 10.00 Å². The van der Waals surface area contributed by atoms with Gasteiger partial charge in [-0.3, -0.25) is 19.3 Å². The van der Waals surface area contributed by atoms with Crippen molar-refractivity contribution < 1.29 is 19.1 Å². The first-order valence-electron chi connectivity index (χ1n) is 8.79. The van der Waals surface area contributed by atoms with Crippen molar-refractivity contribution in [3.8, 4) is 11.8 Å². The highest BCUT2D eigenvalue weighted by atomic mass is 32.2. The smallest absolute Gasteiger partial charge is 0.294 e. The van der Waals surface area contributed by atoms with Crippen molar-refractivity contribution >= 4 is 52.3 Å². The minimum Gasteiger partial charge on any atom is -0.479 e. The van der Waals surface area contributed by atoms with Crippen LogP contribution in [0, 0.1) is 11.3 Å². The molecule has 2 aromatic carbocycles. The van der Waals surface area contributed by atoms with Gasteiger partial charge in [0.2, 0.25) is 5.91 Å². The van der Waals surface area contributed by atoms with Crippen molar-refractivity contribution in [2.75, 3.05) is 24.7 Å². The molecule has 30 heavy (non-hydrogen) atoms. The summed E-state index contributed by atoms with van der Waals surface area (Å²) in [5, 5.41) is 10.7. The summed E-state index contributed by atoms with van der Waals surface area (Å²) in [7, 11) is 0. The lowest BCUT2D eigenvalue weighted by atomic mass is 10.2. The van der Waals surface area contributed by atoms with Gasteiger partial charge in [0.1, 0.15) is 18.4 Å². The molecule has 3 amide bonds. The summed E-state index contributed by atoms with van der Waals surface area (Å²) < 4.78 is 5.18. The lowest BCUT2D eigenvalue weighted by molar-refractivity contribution is -0.127. The molecule has 1 N–H and O–H groups in total. The molecule has 0 spiro atoms. The molecule has 0 unspecified atom stereocenters. The number of amides is 3. The van der Waals surface area contributed by atoms with E-state index in [9.17, 15) is 14.4 Å². The van der Waals surface area contributed by atoms with Crippen molar-refractivity contribution in [1.82, 2.24) is 4.90 Å². The van der Waals surface area contributed by atoms with Crippen LogP contribution in [0.5, 0.6) is 5.75 Å².